The van der Waals surface area contributed by atoms with Gasteiger partial charge in [-0.25, -0.2) is 4.98 Å². The highest BCUT2D eigenvalue weighted by Gasteiger charge is 2.33. The topological polar surface area (TPSA) is 53.5 Å². The number of carbonyl (C=O) groups excluding carboxylic acids is 2. The molecule has 6 heteroatoms. The van der Waals surface area contributed by atoms with Crippen LogP contribution in [0.3, 0.4) is 0 Å². The van der Waals surface area contributed by atoms with E-state index in [0.717, 1.165) is 60.3 Å². The molecule has 0 saturated carbocycles. The maximum absolute atomic E-state index is 13.0. The quantitative estimate of drug-likeness (QED) is 0.769. The molecule has 27 heavy (non-hydrogen) atoms. The van der Waals surface area contributed by atoms with E-state index in [-0.39, 0.29) is 17.2 Å². The van der Waals surface area contributed by atoms with Gasteiger partial charge >= 0.3 is 0 Å². The standard InChI is InChI=1S/C21H33N3O2S/c1-14-6-10-23(11-7-14)18(25)16-8-12-24(13-9-16)19(26)17-15(2)22-20(27-17)21(3,4)5/h14,16H,6-13H2,1-5H3. The van der Waals surface area contributed by atoms with Crippen molar-refractivity contribution in [3.63, 3.8) is 0 Å². The number of aryl methyl sites for hydroxylation is 1. The van der Waals surface area contributed by atoms with Crippen LogP contribution in [0.4, 0.5) is 0 Å². The van der Waals surface area contributed by atoms with Crippen LogP contribution in [-0.4, -0.2) is 52.8 Å². The van der Waals surface area contributed by atoms with E-state index in [0.29, 0.717) is 19.0 Å². The van der Waals surface area contributed by atoms with Crippen molar-refractivity contribution in [1.29, 1.82) is 0 Å². The van der Waals surface area contributed by atoms with Gasteiger partial charge in [0.05, 0.1) is 10.7 Å². The van der Waals surface area contributed by atoms with Gasteiger partial charge in [0.2, 0.25) is 5.91 Å². The summed E-state index contributed by atoms with van der Waals surface area (Å²) in [5.74, 6) is 1.19. The van der Waals surface area contributed by atoms with Crippen LogP contribution in [0, 0.1) is 18.8 Å². The molecular weight excluding hydrogens is 358 g/mol. The molecule has 1 aromatic rings. The van der Waals surface area contributed by atoms with Crippen LogP contribution < -0.4 is 0 Å². The van der Waals surface area contributed by atoms with Crippen molar-refractivity contribution in [1.82, 2.24) is 14.8 Å². The number of hydrogen-bond acceptors (Lipinski definition) is 4. The average molecular weight is 392 g/mol. The van der Waals surface area contributed by atoms with Gasteiger partial charge in [0, 0.05) is 37.5 Å². The molecule has 0 aliphatic carbocycles. The highest BCUT2D eigenvalue weighted by atomic mass is 32.1. The summed E-state index contributed by atoms with van der Waals surface area (Å²) in [6.07, 6.45) is 3.79. The molecule has 0 bridgehead atoms. The monoisotopic (exact) mass is 391 g/mol. The Balaban J connectivity index is 1.58. The molecule has 2 aliphatic rings. The van der Waals surface area contributed by atoms with Gasteiger partial charge < -0.3 is 9.80 Å². The van der Waals surface area contributed by atoms with Crippen molar-refractivity contribution < 1.29 is 9.59 Å². The first kappa shape index (κ1) is 20.3. The number of hydrogen-bond donors (Lipinski definition) is 0. The predicted molar refractivity (Wildman–Crippen MR) is 109 cm³/mol. The van der Waals surface area contributed by atoms with Crippen molar-refractivity contribution in [3.05, 3.63) is 15.6 Å². The molecule has 0 atom stereocenters. The van der Waals surface area contributed by atoms with E-state index in [1.54, 1.807) is 0 Å². The highest BCUT2D eigenvalue weighted by Crippen LogP contribution is 2.31. The van der Waals surface area contributed by atoms with Gasteiger partial charge in [-0.3, -0.25) is 9.59 Å². The Morgan fingerprint density at radius 2 is 1.56 bits per heavy atom. The SMILES string of the molecule is Cc1nc(C(C)(C)C)sc1C(=O)N1CCC(C(=O)N2CCC(C)CC2)CC1. The van der Waals surface area contributed by atoms with Gasteiger partial charge in [-0.15, -0.1) is 11.3 Å². The predicted octanol–water partition coefficient (Wildman–Crippen LogP) is 3.86. The lowest BCUT2D eigenvalue weighted by Gasteiger charge is -2.36. The zero-order chi connectivity index (χ0) is 19.8. The third-order valence-corrected chi connectivity index (χ3v) is 7.43. The summed E-state index contributed by atoms with van der Waals surface area (Å²) in [6.45, 7) is 13.7. The van der Waals surface area contributed by atoms with Crippen LogP contribution in [0.25, 0.3) is 0 Å². The minimum Gasteiger partial charge on any atom is -0.342 e. The first-order valence-electron chi connectivity index (χ1n) is 10.2. The minimum atomic E-state index is -0.0424. The fourth-order valence-corrected chi connectivity index (χ4v) is 4.97. The van der Waals surface area contributed by atoms with E-state index in [1.807, 2.05) is 16.7 Å². The molecule has 0 aromatic carbocycles. The third-order valence-electron chi connectivity index (χ3n) is 5.86. The van der Waals surface area contributed by atoms with Crippen LogP contribution >= 0.6 is 11.3 Å². The van der Waals surface area contributed by atoms with E-state index >= 15 is 0 Å². The third kappa shape index (κ3) is 4.53. The van der Waals surface area contributed by atoms with Crippen molar-refractivity contribution >= 4 is 23.2 Å². The average Bonchev–Trinajstić information content (AvgIpc) is 3.03. The molecule has 2 aliphatic heterocycles. The van der Waals surface area contributed by atoms with Crippen LogP contribution in [-0.2, 0) is 10.2 Å². The number of amides is 2. The number of aromatic nitrogens is 1. The van der Waals surface area contributed by atoms with E-state index in [1.165, 1.54) is 11.3 Å². The number of nitrogens with zero attached hydrogens (tertiary/aromatic N) is 3. The molecule has 3 heterocycles. The minimum absolute atomic E-state index is 0.0424. The van der Waals surface area contributed by atoms with Crippen LogP contribution in [0.5, 0.6) is 0 Å². The van der Waals surface area contributed by atoms with Gasteiger partial charge in [-0.1, -0.05) is 27.7 Å². The number of rotatable bonds is 2. The van der Waals surface area contributed by atoms with Crippen molar-refractivity contribution in [2.45, 2.75) is 65.7 Å². The first-order chi connectivity index (χ1) is 12.7. The smallest absolute Gasteiger partial charge is 0.265 e. The van der Waals surface area contributed by atoms with E-state index < -0.39 is 0 Å². The van der Waals surface area contributed by atoms with Gasteiger partial charge in [0.15, 0.2) is 0 Å². The zero-order valence-corrected chi connectivity index (χ0v) is 18.2. The Hall–Kier alpha value is -1.43. The summed E-state index contributed by atoms with van der Waals surface area (Å²) in [6, 6.07) is 0. The molecule has 0 radical (unpaired) electrons. The Morgan fingerprint density at radius 3 is 2.07 bits per heavy atom. The molecule has 3 rings (SSSR count). The van der Waals surface area contributed by atoms with Crippen molar-refractivity contribution in [2.75, 3.05) is 26.2 Å². The Labute approximate surface area is 167 Å². The number of likely N-dealkylation sites (tertiary alicyclic amines) is 2. The van der Waals surface area contributed by atoms with Crippen molar-refractivity contribution in [3.8, 4) is 0 Å². The molecule has 2 fully saturated rings. The second-order valence-corrected chi connectivity index (χ2v) is 10.3. The van der Waals surface area contributed by atoms with Crippen LogP contribution in [0.1, 0.15) is 73.8 Å². The maximum Gasteiger partial charge on any atom is 0.265 e. The molecule has 2 amide bonds. The summed E-state index contributed by atoms with van der Waals surface area (Å²) in [5, 5.41) is 1.01. The van der Waals surface area contributed by atoms with E-state index in [2.05, 4.69) is 32.7 Å². The van der Waals surface area contributed by atoms with Gasteiger partial charge in [0.1, 0.15) is 4.88 Å². The lowest BCUT2D eigenvalue weighted by molar-refractivity contribution is -0.138. The Kier molecular flexibility index (Phi) is 5.94. The highest BCUT2D eigenvalue weighted by molar-refractivity contribution is 7.14. The first-order valence-corrected chi connectivity index (χ1v) is 11.0. The summed E-state index contributed by atoms with van der Waals surface area (Å²) < 4.78 is 0. The summed E-state index contributed by atoms with van der Waals surface area (Å²) >= 11 is 1.52. The maximum atomic E-state index is 13.0. The molecule has 150 valence electrons. The number of piperidine rings is 2. The normalized spacial score (nSPS) is 20.2. The molecule has 1 aromatic heterocycles. The number of thiazole rings is 1. The van der Waals surface area contributed by atoms with Crippen molar-refractivity contribution in [2.24, 2.45) is 11.8 Å². The fourth-order valence-electron chi connectivity index (χ4n) is 3.88. The lowest BCUT2D eigenvalue weighted by Crippen LogP contribution is -2.46. The van der Waals surface area contributed by atoms with E-state index in [4.69, 9.17) is 0 Å². The fraction of sp³-hybridized carbons (Fsp3) is 0.762. The van der Waals surface area contributed by atoms with Gasteiger partial charge in [-0.05, 0) is 38.5 Å². The summed E-state index contributed by atoms with van der Waals surface area (Å²) in [5.41, 5.74) is 0.787. The Morgan fingerprint density at radius 1 is 1.00 bits per heavy atom. The van der Waals surface area contributed by atoms with E-state index in [9.17, 15) is 9.59 Å². The lowest BCUT2D eigenvalue weighted by atomic mass is 9.92. The second kappa shape index (κ2) is 7.90. The Bertz CT molecular complexity index is 691. The van der Waals surface area contributed by atoms with Gasteiger partial charge in [-0.2, -0.15) is 0 Å². The van der Waals surface area contributed by atoms with Gasteiger partial charge in [0.25, 0.3) is 5.91 Å². The molecular formula is C21H33N3O2S. The summed E-state index contributed by atoms with van der Waals surface area (Å²) in [7, 11) is 0. The molecule has 0 unspecified atom stereocenters. The van der Waals surface area contributed by atoms with Crippen LogP contribution in [0.15, 0.2) is 0 Å². The molecule has 5 nitrogen and oxygen atoms in total. The molecule has 0 N–H and O–H groups in total. The largest absolute Gasteiger partial charge is 0.342 e. The molecule has 2 saturated heterocycles. The summed E-state index contributed by atoms with van der Waals surface area (Å²) in [4.78, 5) is 35.1. The number of carbonyl (C=O) groups is 2. The van der Waals surface area contributed by atoms with Crippen LogP contribution in [0.2, 0.25) is 0 Å². The zero-order valence-electron chi connectivity index (χ0n) is 17.4. The molecule has 0 spiro atoms. The second-order valence-electron chi connectivity index (χ2n) is 9.26.